The normalized spacial score (nSPS) is 11.4. The van der Waals surface area contributed by atoms with E-state index in [1.807, 2.05) is 38.4 Å². The molecule has 0 N–H and O–H groups in total. The maximum Gasteiger partial charge on any atom is 0.267 e. The molecule has 0 aliphatic rings. The van der Waals surface area contributed by atoms with Crippen molar-refractivity contribution in [3.05, 3.63) is 85.7 Å². The van der Waals surface area contributed by atoms with E-state index in [1.165, 1.54) is 10.8 Å². The third-order valence-electron chi connectivity index (χ3n) is 4.44. The Hall–Kier alpha value is -2.93. The molecule has 0 aliphatic heterocycles. The van der Waals surface area contributed by atoms with Gasteiger partial charge in [0.15, 0.2) is 0 Å². The van der Waals surface area contributed by atoms with Gasteiger partial charge in [0.25, 0.3) is 5.56 Å². The first-order valence-corrected chi connectivity index (χ1v) is 10.3. The third kappa shape index (κ3) is 4.42. The Bertz CT molecular complexity index is 1350. The Morgan fingerprint density at radius 2 is 1.74 bits per heavy atom. The van der Waals surface area contributed by atoms with Gasteiger partial charge in [-0.05, 0) is 29.8 Å². The fourth-order valence-electron chi connectivity index (χ4n) is 3.02. The van der Waals surface area contributed by atoms with Gasteiger partial charge in [-0.15, -0.1) is 0 Å². The van der Waals surface area contributed by atoms with E-state index >= 15 is 0 Å². The van der Waals surface area contributed by atoms with Crippen molar-refractivity contribution in [2.45, 2.75) is 0 Å². The van der Waals surface area contributed by atoms with Crippen LogP contribution in [0.3, 0.4) is 0 Å². The van der Waals surface area contributed by atoms with Gasteiger partial charge in [0, 0.05) is 30.9 Å². The summed E-state index contributed by atoms with van der Waals surface area (Å²) < 4.78 is 1.42. The average Bonchev–Trinajstić information content (AvgIpc) is 2.74. The molecule has 0 fully saturated rings. The summed E-state index contributed by atoms with van der Waals surface area (Å²) in [5.74, 6) is 0.779. The molecule has 0 amide bonds. The molecule has 0 radical (unpaired) electrons. The molecule has 4 aromatic rings. The summed E-state index contributed by atoms with van der Waals surface area (Å²) >= 11 is 18.5. The zero-order chi connectivity index (χ0) is 22.1. The first-order chi connectivity index (χ1) is 14.8. The number of aromatic nitrogens is 3. The number of benzene rings is 2. The minimum Gasteiger partial charge on any atom is -0.303 e. The van der Waals surface area contributed by atoms with Crippen LogP contribution in [0.4, 0.5) is 0 Å². The van der Waals surface area contributed by atoms with Crippen LogP contribution in [0.15, 0.2) is 64.6 Å². The molecule has 6 nitrogen and oxygen atoms in total. The van der Waals surface area contributed by atoms with Gasteiger partial charge in [-0.3, -0.25) is 4.79 Å². The van der Waals surface area contributed by atoms with Crippen LogP contribution >= 0.6 is 34.8 Å². The number of hydrogen-bond donors (Lipinski definition) is 0. The lowest BCUT2D eigenvalue weighted by Gasteiger charge is -2.14. The highest BCUT2D eigenvalue weighted by Crippen LogP contribution is 2.28. The van der Waals surface area contributed by atoms with Gasteiger partial charge in [-0.25, -0.2) is 14.5 Å². The second-order valence-electron chi connectivity index (χ2n) is 6.91. The van der Waals surface area contributed by atoms with Crippen molar-refractivity contribution in [1.29, 1.82) is 0 Å². The zero-order valence-electron chi connectivity index (χ0n) is 16.6. The molecule has 0 saturated heterocycles. The lowest BCUT2D eigenvalue weighted by atomic mass is 10.1. The molecule has 4 rings (SSSR count). The molecule has 9 heteroatoms. The zero-order valence-corrected chi connectivity index (χ0v) is 18.8. The van der Waals surface area contributed by atoms with Gasteiger partial charge >= 0.3 is 0 Å². The lowest BCUT2D eigenvalue weighted by Crippen LogP contribution is -2.23. The van der Waals surface area contributed by atoms with Crippen LogP contribution in [0, 0.1) is 0 Å². The maximum absolute atomic E-state index is 13.5. The second-order valence-corrected chi connectivity index (χ2v) is 8.19. The van der Waals surface area contributed by atoms with Crippen molar-refractivity contribution in [3.8, 4) is 17.2 Å². The van der Waals surface area contributed by atoms with E-state index in [0.29, 0.717) is 43.2 Å². The number of hydrazone groups is 1. The maximum atomic E-state index is 13.5. The number of rotatable bonds is 4. The van der Waals surface area contributed by atoms with Crippen LogP contribution in [0.5, 0.6) is 0 Å². The summed E-state index contributed by atoms with van der Waals surface area (Å²) in [5.41, 5.74) is 1.65. The summed E-state index contributed by atoms with van der Waals surface area (Å²) in [6.45, 7) is 0. The quantitative estimate of drug-likeness (QED) is 0.298. The molecule has 0 bridgehead atoms. The van der Waals surface area contributed by atoms with Crippen molar-refractivity contribution in [2.75, 3.05) is 14.1 Å². The van der Waals surface area contributed by atoms with Crippen LogP contribution in [-0.2, 0) is 0 Å². The molecule has 0 saturated carbocycles. The summed E-state index contributed by atoms with van der Waals surface area (Å²) in [5, 5.41) is 7.34. The van der Waals surface area contributed by atoms with Crippen LogP contribution in [0.2, 0.25) is 15.1 Å². The van der Waals surface area contributed by atoms with E-state index in [4.69, 9.17) is 39.8 Å². The molecule has 2 heterocycles. The monoisotopic (exact) mass is 471 g/mol. The van der Waals surface area contributed by atoms with Gasteiger partial charge in [-0.2, -0.15) is 5.10 Å². The summed E-state index contributed by atoms with van der Waals surface area (Å²) in [7, 11) is 3.69. The van der Waals surface area contributed by atoms with Gasteiger partial charge in [-0.1, -0.05) is 59.1 Å². The standard InChI is InChI=1S/C22H16Cl3N5O/c1-29(2)27-11-13-3-5-14(6-4-13)21-28-20-17(9-16(24)10-18(20)25)22(31)30(21)19-8-7-15(23)12-26-19/h3-12H,1-2H3. The Kier molecular flexibility index (Phi) is 5.96. The molecule has 0 atom stereocenters. The first-order valence-electron chi connectivity index (χ1n) is 9.19. The molecule has 0 spiro atoms. The van der Waals surface area contributed by atoms with Crippen LogP contribution in [-0.4, -0.2) is 39.9 Å². The molecule has 0 unspecified atom stereocenters. The van der Waals surface area contributed by atoms with Crippen LogP contribution in [0.25, 0.3) is 28.1 Å². The fraction of sp³-hybridized carbons (Fsp3) is 0.0909. The van der Waals surface area contributed by atoms with E-state index in [9.17, 15) is 4.79 Å². The minimum absolute atomic E-state index is 0.298. The summed E-state index contributed by atoms with van der Waals surface area (Å²) in [6.07, 6.45) is 3.22. The largest absolute Gasteiger partial charge is 0.303 e. The fourth-order valence-corrected chi connectivity index (χ4v) is 3.67. The van der Waals surface area contributed by atoms with Gasteiger partial charge in [0.1, 0.15) is 11.6 Å². The lowest BCUT2D eigenvalue weighted by molar-refractivity contribution is 0.440. The van der Waals surface area contributed by atoms with E-state index in [2.05, 4.69) is 10.1 Å². The number of pyridine rings is 1. The SMILES string of the molecule is CN(C)N=Cc1ccc(-c2nc3c(Cl)cc(Cl)cc3c(=O)n2-c2ccc(Cl)cn2)cc1. The number of fused-ring (bicyclic) bond motifs is 1. The summed E-state index contributed by atoms with van der Waals surface area (Å²) in [4.78, 5) is 22.5. The van der Waals surface area contributed by atoms with E-state index in [1.54, 1.807) is 35.5 Å². The topological polar surface area (TPSA) is 63.4 Å². The van der Waals surface area contributed by atoms with E-state index in [0.717, 1.165) is 5.56 Å². The number of halogens is 3. The predicted octanol–water partition coefficient (Wildman–Crippen LogP) is 5.30. The second kappa shape index (κ2) is 8.67. The Morgan fingerprint density at radius 3 is 2.39 bits per heavy atom. The average molecular weight is 473 g/mol. The first kappa shape index (κ1) is 21.3. The molecular formula is C22H16Cl3N5O. The molecule has 31 heavy (non-hydrogen) atoms. The molecule has 0 aliphatic carbocycles. The summed E-state index contributed by atoms with van der Waals surface area (Å²) in [6, 6.07) is 13.9. The Labute approximate surface area is 193 Å². The predicted molar refractivity (Wildman–Crippen MR) is 127 cm³/mol. The van der Waals surface area contributed by atoms with E-state index in [-0.39, 0.29) is 5.56 Å². The Morgan fingerprint density at radius 1 is 1.00 bits per heavy atom. The highest BCUT2D eigenvalue weighted by molar-refractivity contribution is 6.38. The van der Waals surface area contributed by atoms with Crippen molar-refractivity contribution in [2.24, 2.45) is 5.10 Å². The van der Waals surface area contributed by atoms with Crippen molar-refractivity contribution >= 4 is 51.9 Å². The van der Waals surface area contributed by atoms with Crippen LogP contribution < -0.4 is 5.56 Å². The van der Waals surface area contributed by atoms with Gasteiger partial charge in [0.05, 0.1) is 27.2 Å². The van der Waals surface area contributed by atoms with E-state index < -0.39 is 0 Å². The third-order valence-corrected chi connectivity index (χ3v) is 5.17. The minimum atomic E-state index is -0.336. The molecule has 2 aromatic carbocycles. The number of nitrogens with zero attached hydrogens (tertiary/aromatic N) is 5. The Balaban J connectivity index is 1.98. The van der Waals surface area contributed by atoms with Gasteiger partial charge in [0.2, 0.25) is 0 Å². The molecule has 2 aromatic heterocycles. The molecule has 156 valence electrons. The molecular weight excluding hydrogens is 457 g/mol. The van der Waals surface area contributed by atoms with Gasteiger partial charge < -0.3 is 5.01 Å². The van der Waals surface area contributed by atoms with Crippen molar-refractivity contribution < 1.29 is 0 Å². The highest BCUT2D eigenvalue weighted by atomic mass is 35.5. The smallest absolute Gasteiger partial charge is 0.267 e. The highest BCUT2D eigenvalue weighted by Gasteiger charge is 2.17. The number of hydrogen-bond acceptors (Lipinski definition) is 5. The van der Waals surface area contributed by atoms with Crippen molar-refractivity contribution in [1.82, 2.24) is 19.5 Å². The van der Waals surface area contributed by atoms with Crippen LogP contribution in [0.1, 0.15) is 5.56 Å². The van der Waals surface area contributed by atoms with Crippen molar-refractivity contribution in [3.63, 3.8) is 0 Å².